The maximum Gasteiger partial charge on any atom is 0.228 e. The molecule has 0 amide bonds. The smallest absolute Gasteiger partial charge is 0.228 e. The minimum Gasteiger partial charge on any atom is -0.444 e. The van der Waals surface area contributed by atoms with Crippen molar-refractivity contribution >= 4 is 5.69 Å². The van der Waals surface area contributed by atoms with Crippen LogP contribution in [0.1, 0.15) is 0 Å². The predicted molar refractivity (Wildman–Crippen MR) is 46.3 cm³/mol. The monoisotopic (exact) mass is 178 g/mol. The summed E-state index contributed by atoms with van der Waals surface area (Å²) in [5.74, 6) is -0.151. The first-order valence-corrected chi connectivity index (χ1v) is 3.72. The highest BCUT2D eigenvalue weighted by Crippen LogP contribution is 2.22. The molecule has 0 saturated heterocycles. The maximum atomic E-state index is 13.2. The molecule has 66 valence electrons. The van der Waals surface area contributed by atoms with Crippen molar-refractivity contribution in [2.75, 3.05) is 5.73 Å². The van der Waals surface area contributed by atoms with E-state index >= 15 is 0 Å². The quantitative estimate of drug-likeness (QED) is 0.680. The van der Waals surface area contributed by atoms with Crippen LogP contribution in [0.5, 0.6) is 0 Å². The zero-order valence-corrected chi connectivity index (χ0v) is 6.70. The maximum absolute atomic E-state index is 13.2. The fourth-order valence-electron chi connectivity index (χ4n) is 1.06. The van der Waals surface area contributed by atoms with Crippen LogP contribution in [-0.2, 0) is 0 Å². The zero-order chi connectivity index (χ0) is 9.26. The van der Waals surface area contributed by atoms with Crippen LogP contribution in [0.4, 0.5) is 10.1 Å². The summed E-state index contributed by atoms with van der Waals surface area (Å²) >= 11 is 0. The molecule has 0 spiro atoms. The minimum atomic E-state index is -0.392. The lowest BCUT2D eigenvalue weighted by Crippen LogP contribution is -1.89. The third kappa shape index (κ3) is 1.38. The van der Waals surface area contributed by atoms with Crippen LogP contribution in [0.15, 0.2) is 35.1 Å². The summed E-state index contributed by atoms with van der Waals surface area (Å²) in [6.07, 6.45) is 2.84. The van der Waals surface area contributed by atoms with E-state index in [0.29, 0.717) is 5.69 Å². The van der Waals surface area contributed by atoms with E-state index in [4.69, 9.17) is 10.2 Å². The Hall–Kier alpha value is -1.84. The van der Waals surface area contributed by atoms with Gasteiger partial charge in [-0.2, -0.15) is 0 Å². The number of aromatic nitrogens is 1. The first-order valence-electron chi connectivity index (χ1n) is 3.72. The van der Waals surface area contributed by atoms with Gasteiger partial charge >= 0.3 is 0 Å². The van der Waals surface area contributed by atoms with Crippen molar-refractivity contribution in [3.05, 3.63) is 36.5 Å². The molecule has 13 heavy (non-hydrogen) atoms. The number of nitrogens with zero attached hydrogens (tertiary/aromatic N) is 1. The van der Waals surface area contributed by atoms with Gasteiger partial charge in [-0.3, -0.25) is 0 Å². The molecule has 2 N–H and O–H groups in total. The third-order valence-electron chi connectivity index (χ3n) is 1.65. The molecule has 0 aliphatic carbocycles. The van der Waals surface area contributed by atoms with Crippen LogP contribution in [0.3, 0.4) is 0 Å². The summed E-state index contributed by atoms with van der Waals surface area (Å²) in [6.45, 7) is 0. The number of rotatable bonds is 1. The molecule has 0 fully saturated rings. The van der Waals surface area contributed by atoms with Crippen molar-refractivity contribution in [2.24, 2.45) is 0 Å². The predicted octanol–water partition coefficient (Wildman–Crippen LogP) is 2.06. The number of oxazole rings is 1. The molecular formula is C9H7FN2O. The van der Waals surface area contributed by atoms with Gasteiger partial charge in [-0.1, -0.05) is 0 Å². The minimum absolute atomic E-state index is 0.241. The molecule has 4 heteroatoms. The lowest BCUT2D eigenvalue weighted by molar-refractivity contribution is 0.562. The molecule has 2 rings (SSSR count). The van der Waals surface area contributed by atoms with Crippen molar-refractivity contribution in [3.63, 3.8) is 0 Å². The summed E-state index contributed by atoms with van der Waals surface area (Å²) in [5, 5.41) is 0. The fourth-order valence-corrected chi connectivity index (χ4v) is 1.06. The van der Waals surface area contributed by atoms with Crippen LogP contribution < -0.4 is 5.73 Å². The average Bonchev–Trinajstić information content (AvgIpc) is 2.61. The molecule has 0 radical (unpaired) electrons. The molecular weight excluding hydrogens is 171 g/mol. The number of nitrogens with two attached hydrogens (primary N) is 1. The van der Waals surface area contributed by atoms with Crippen LogP contribution in [0.2, 0.25) is 0 Å². The molecule has 0 bridgehead atoms. The lowest BCUT2D eigenvalue weighted by atomic mass is 10.2. The topological polar surface area (TPSA) is 52.0 Å². The fraction of sp³-hybridized carbons (Fsp3) is 0. The second-order valence-electron chi connectivity index (χ2n) is 2.58. The summed E-state index contributed by atoms with van der Waals surface area (Å²) in [6, 6.07) is 4.26. The molecule has 1 heterocycles. The number of anilines is 1. The van der Waals surface area contributed by atoms with Gasteiger partial charge in [-0.25, -0.2) is 9.37 Å². The molecule has 0 aliphatic rings. The van der Waals surface area contributed by atoms with Crippen LogP contribution >= 0.6 is 0 Å². The van der Waals surface area contributed by atoms with Gasteiger partial charge < -0.3 is 10.2 Å². The number of hydrogen-bond donors (Lipinski definition) is 1. The molecule has 1 aromatic carbocycles. The molecule has 0 unspecified atom stereocenters. The van der Waals surface area contributed by atoms with E-state index < -0.39 is 5.82 Å². The van der Waals surface area contributed by atoms with Crippen molar-refractivity contribution in [1.29, 1.82) is 0 Å². The van der Waals surface area contributed by atoms with Gasteiger partial charge in [0, 0.05) is 5.69 Å². The SMILES string of the molecule is Nc1ccc(F)c(-c2ncco2)c1. The normalized spacial score (nSPS) is 10.2. The first-order chi connectivity index (χ1) is 6.27. The van der Waals surface area contributed by atoms with E-state index in [1.54, 1.807) is 0 Å². The van der Waals surface area contributed by atoms with Gasteiger partial charge in [0.25, 0.3) is 0 Å². The molecule has 1 aromatic heterocycles. The van der Waals surface area contributed by atoms with Crippen molar-refractivity contribution in [2.45, 2.75) is 0 Å². The van der Waals surface area contributed by atoms with Crippen LogP contribution in [-0.4, -0.2) is 4.98 Å². The highest BCUT2D eigenvalue weighted by molar-refractivity contribution is 5.60. The van der Waals surface area contributed by atoms with Gasteiger partial charge in [-0.15, -0.1) is 0 Å². The third-order valence-corrected chi connectivity index (χ3v) is 1.65. The molecule has 0 atom stereocenters. The van der Waals surface area contributed by atoms with Gasteiger partial charge in [0.05, 0.1) is 11.8 Å². The van der Waals surface area contributed by atoms with Crippen LogP contribution in [0.25, 0.3) is 11.5 Å². The zero-order valence-electron chi connectivity index (χ0n) is 6.70. The first kappa shape index (κ1) is 7.79. The summed E-state index contributed by atoms with van der Waals surface area (Å²) in [5.41, 5.74) is 6.26. The lowest BCUT2D eigenvalue weighted by Gasteiger charge is -1.98. The molecule has 3 nitrogen and oxygen atoms in total. The van der Waals surface area contributed by atoms with Gasteiger partial charge in [0.15, 0.2) is 0 Å². The van der Waals surface area contributed by atoms with E-state index in [9.17, 15) is 4.39 Å². The molecule has 0 saturated carbocycles. The van der Waals surface area contributed by atoms with Crippen LogP contribution in [0, 0.1) is 5.82 Å². The second kappa shape index (κ2) is 2.90. The largest absolute Gasteiger partial charge is 0.444 e. The van der Waals surface area contributed by atoms with Gasteiger partial charge in [-0.05, 0) is 18.2 Å². The Morgan fingerprint density at radius 2 is 2.23 bits per heavy atom. The Bertz CT molecular complexity index is 412. The van der Waals surface area contributed by atoms with Crippen molar-refractivity contribution in [3.8, 4) is 11.5 Å². The van der Waals surface area contributed by atoms with E-state index in [2.05, 4.69) is 4.98 Å². The Kier molecular flexibility index (Phi) is 1.73. The molecule has 2 aromatic rings. The Labute approximate surface area is 74.0 Å². The van der Waals surface area contributed by atoms with Crippen molar-refractivity contribution in [1.82, 2.24) is 4.98 Å². The van der Waals surface area contributed by atoms with E-state index in [1.165, 1.54) is 30.7 Å². The van der Waals surface area contributed by atoms with Crippen molar-refractivity contribution < 1.29 is 8.81 Å². The average molecular weight is 178 g/mol. The highest BCUT2D eigenvalue weighted by atomic mass is 19.1. The van der Waals surface area contributed by atoms with E-state index in [0.717, 1.165) is 0 Å². The number of halogens is 1. The highest BCUT2D eigenvalue weighted by Gasteiger charge is 2.08. The van der Waals surface area contributed by atoms with E-state index in [-0.39, 0.29) is 11.5 Å². The van der Waals surface area contributed by atoms with Gasteiger partial charge in [0.1, 0.15) is 12.1 Å². The number of nitrogen functional groups attached to an aromatic ring is 1. The number of benzene rings is 1. The summed E-state index contributed by atoms with van der Waals surface area (Å²) < 4.78 is 18.1. The Morgan fingerprint density at radius 1 is 1.38 bits per heavy atom. The standard InChI is InChI=1S/C9H7FN2O/c10-8-2-1-6(11)5-7(8)9-12-3-4-13-9/h1-5H,11H2. The summed E-state index contributed by atoms with van der Waals surface area (Å²) in [4.78, 5) is 3.83. The number of hydrogen-bond acceptors (Lipinski definition) is 3. The summed E-state index contributed by atoms with van der Waals surface area (Å²) in [7, 11) is 0. The Balaban J connectivity index is 2.57. The van der Waals surface area contributed by atoms with Gasteiger partial charge in [0.2, 0.25) is 5.89 Å². The molecule has 0 aliphatic heterocycles. The Morgan fingerprint density at radius 3 is 2.92 bits per heavy atom. The van der Waals surface area contributed by atoms with E-state index in [1.807, 2.05) is 0 Å². The second-order valence-corrected chi connectivity index (χ2v) is 2.58.